The Morgan fingerprint density at radius 3 is 2.39 bits per heavy atom. The maximum atomic E-state index is 12.9. The number of anilines is 2. The van der Waals surface area contributed by atoms with Crippen LogP contribution in [0.1, 0.15) is 15.9 Å². The predicted octanol–water partition coefficient (Wildman–Crippen LogP) is 4.76. The fourth-order valence-corrected chi connectivity index (χ4v) is 3.65. The van der Waals surface area contributed by atoms with Crippen molar-refractivity contribution in [2.24, 2.45) is 15.3 Å². The van der Waals surface area contributed by atoms with Crippen molar-refractivity contribution < 1.29 is 28.8 Å². The number of nitrogens with one attached hydrogen (secondary N) is 1. The highest BCUT2D eigenvalue weighted by molar-refractivity contribution is 6.52. The van der Waals surface area contributed by atoms with Gasteiger partial charge in [0.2, 0.25) is 5.78 Å². The minimum atomic E-state index is -0.231. The van der Waals surface area contributed by atoms with Crippen molar-refractivity contribution in [3.8, 4) is 23.0 Å². The van der Waals surface area contributed by atoms with Gasteiger partial charge in [-0.2, -0.15) is 5.10 Å². The van der Waals surface area contributed by atoms with E-state index in [2.05, 4.69) is 20.8 Å². The van der Waals surface area contributed by atoms with Crippen LogP contribution in [0.25, 0.3) is 6.08 Å². The van der Waals surface area contributed by atoms with E-state index in [-0.39, 0.29) is 24.7 Å². The van der Waals surface area contributed by atoms with Gasteiger partial charge in [0.15, 0.2) is 5.75 Å². The minimum absolute atomic E-state index is 0.0903. The molecule has 3 aromatic carbocycles. The van der Waals surface area contributed by atoms with Crippen LogP contribution in [0.2, 0.25) is 0 Å². The first-order valence-electron chi connectivity index (χ1n) is 11.5. The van der Waals surface area contributed by atoms with E-state index in [1.54, 1.807) is 67.8 Å². The molecule has 0 spiro atoms. The Bertz CT molecular complexity index is 1430. The summed E-state index contributed by atoms with van der Waals surface area (Å²) in [5.41, 5.74) is 12.0. The number of hydrogen-bond donors (Lipinski definition) is 3. The van der Waals surface area contributed by atoms with Crippen LogP contribution in [0.4, 0.5) is 22.7 Å². The number of ether oxygens (including phenoxy) is 4. The van der Waals surface area contributed by atoms with Crippen LogP contribution in [-0.2, 0) is 0 Å². The molecular formula is C27H27N5O6. The van der Waals surface area contributed by atoms with Crippen LogP contribution >= 0.6 is 0 Å². The molecule has 4 rings (SSSR count). The first-order valence-corrected chi connectivity index (χ1v) is 11.5. The van der Waals surface area contributed by atoms with E-state index < -0.39 is 0 Å². The molecule has 0 radical (unpaired) electrons. The quantitative estimate of drug-likeness (QED) is 0.198. The Balaban J connectivity index is 1.60. The highest BCUT2D eigenvalue weighted by Gasteiger charge is 2.20. The van der Waals surface area contributed by atoms with Crippen LogP contribution in [0, 0.1) is 0 Å². The summed E-state index contributed by atoms with van der Waals surface area (Å²) in [5, 5.41) is 22.0. The van der Waals surface area contributed by atoms with E-state index in [1.165, 1.54) is 14.2 Å². The Morgan fingerprint density at radius 1 is 0.868 bits per heavy atom. The molecule has 11 heteroatoms. The van der Waals surface area contributed by atoms with Gasteiger partial charge in [0.25, 0.3) is 0 Å². The number of fused-ring (bicyclic) bond motifs is 1. The van der Waals surface area contributed by atoms with Gasteiger partial charge in [0.05, 0.1) is 27.9 Å². The Labute approximate surface area is 219 Å². The van der Waals surface area contributed by atoms with Gasteiger partial charge < -0.3 is 29.8 Å². The van der Waals surface area contributed by atoms with E-state index in [9.17, 15) is 4.79 Å². The van der Waals surface area contributed by atoms with Gasteiger partial charge in [-0.3, -0.25) is 10.2 Å². The predicted molar refractivity (Wildman–Crippen MR) is 145 cm³/mol. The monoisotopic (exact) mass is 517 g/mol. The van der Waals surface area contributed by atoms with Crippen LogP contribution in [-0.4, -0.2) is 51.1 Å². The number of hydrazone groups is 1. The second-order valence-corrected chi connectivity index (χ2v) is 7.95. The molecule has 0 bridgehead atoms. The molecular weight excluding hydrogens is 490 g/mol. The second-order valence-electron chi connectivity index (χ2n) is 7.95. The number of carbonyl (C=O) groups is 1. The third-order valence-electron chi connectivity index (χ3n) is 5.55. The van der Waals surface area contributed by atoms with Crippen molar-refractivity contribution in [2.75, 3.05) is 45.7 Å². The van der Waals surface area contributed by atoms with Gasteiger partial charge in [-0.15, -0.1) is 10.2 Å². The SMILES string of the molecule is COc1ccc(/N=N/c2cc(OC)c(N/N=C3/C=Cc4cc(N)ccc4C3=O)cc2OC)c(OCCO)c1. The molecule has 0 saturated heterocycles. The summed E-state index contributed by atoms with van der Waals surface area (Å²) >= 11 is 0. The number of aliphatic hydroxyl groups is 1. The summed E-state index contributed by atoms with van der Waals surface area (Å²) in [6.07, 6.45) is 3.40. The molecule has 0 heterocycles. The zero-order chi connectivity index (χ0) is 27.1. The molecule has 0 amide bonds. The molecule has 0 fully saturated rings. The van der Waals surface area contributed by atoms with Gasteiger partial charge in [0, 0.05) is 29.4 Å². The number of nitrogen functional groups attached to an aromatic ring is 1. The lowest BCUT2D eigenvalue weighted by Crippen LogP contribution is -2.18. The van der Waals surface area contributed by atoms with E-state index in [1.807, 2.05) is 0 Å². The number of azo groups is 1. The van der Waals surface area contributed by atoms with Crippen LogP contribution in [0.3, 0.4) is 0 Å². The maximum Gasteiger partial charge on any atom is 0.213 e. The third kappa shape index (κ3) is 5.73. The molecule has 38 heavy (non-hydrogen) atoms. The first kappa shape index (κ1) is 26.2. The lowest BCUT2D eigenvalue weighted by molar-refractivity contribution is 0.106. The number of methoxy groups -OCH3 is 3. The maximum absolute atomic E-state index is 12.9. The molecule has 0 aromatic heterocycles. The van der Waals surface area contributed by atoms with Crippen molar-refractivity contribution in [3.63, 3.8) is 0 Å². The smallest absolute Gasteiger partial charge is 0.213 e. The summed E-state index contributed by atoms with van der Waals surface area (Å²) in [5.74, 6) is 1.53. The Hall–Kier alpha value is -4.90. The number of carbonyl (C=O) groups excluding carboxylic acids is 1. The minimum Gasteiger partial charge on any atom is -0.497 e. The molecule has 1 aliphatic carbocycles. The van der Waals surface area contributed by atoms with E-state index in [0.29, 0.717) is 51.3 Å². The summed E-state index contributed by atoms with van der Waals surface area (Å²) in [6.45, 7) is -0.0625. The van der Waals surface area contributed by atoms with Crippen molar-refractivity contribution >= 4 is 40.3 Å². The molecule has 4 N–H and O–H groups in total. The molecule has 196 valence electrons. The fourth-order valence-electron chi connectivity index (χ4n) is 3.65. The zero-order valence-corrected chi connectivity index (χ0v) is 21.1. The summed E-state index contributed by atoms with van der Waals surface area (Å²) in [6, 6.07) is 13.4. The average Bonchev–Trinajstić information content (AvgIpc) is 2.94. The largest absolute Gasteiger partial charge is 0.497 e. The first-order chi connectivity index (χ1) is 18.5. The van der Waals surface area contributed by atoms with Crippen LogP contribution in [0.15, 0.2) is 69.9 Å². The molecule has 0 unspecified atom stereocenters. The summed E-state index contributed by atoms with van der Waals surface area (Å²) in [4.78, 5) is 12.9. The molecule has 11 nitrogen and oxygen atoms in total. The van der Waals surface area contributed by atoms with Gasteiger partial charge >= 0.3 is 0 Å². The number of hydrogen-bond acceptors (Lipinski definition) is 11. The topological polar surface area (TPSA) is 149 Å². The van der Waals surface area contributed by atoms with Crippen LogP contribution < -0.4 is 30.1 Å². The van der Waals surface area contributed by atoms with Crippen molar-refractivity contribution in [2.45, 2.75) is 0 Å². The lowest BCUT2D eigenvalue weighted by Gasteiger charge is -2.14. The number of nitrogens with zero attached hydrogens (tertiary/aromatic N) is 3. The van der Waals surface area contributed by atoms with Crippen molar-refractivity contribution in [1.82, 2.24) is 0 Å². The second kappa shape index (κ2) is 11.9. The van der Waals surface area contributed by atoms with Crippen molar-refractivity contribution in [1.29, 1.82) is 0 Å². The van der Waals surface area contributed by atoms with Gasteiger partial charge in [-0.05, 0) is 42.0 Å². The molecule has 0 aliphatic heterocycles. The van der Waals surface area contributed by atoms with Crippen LogP contribution in [0.5, 0.6) is 23.0 Å². The van der Waals surface area contributed by atoms with Gasteiger partial charge in [0.1, 0.15) is 46.6 Å². The molecule has 3 aromatic rings. The number of allylic oxidation sites excluding steroid dienone is 1. The number of ketones is 1. The fraction of sp³-hybridized carbons (Fsp3) is 0.185. The van der Waals surface area contributed by atoms with E-state index in [4.69, 9.17) is 29.8 Å². The third-order valence-corrected chi connectivity index (χ3v) is 5.55. The zero-order valence-electron chi connectivity index (χ0n) is 21.1. The normalized spacial score (nSPS) is 13.5. The highest BCUT2D eigenvalue weighted by Crippen LogP contribution is 2.40. The van der Waals surface area contributed by atoms with Gasteiger partial charge in [-0.25, -0.2) is 0 Å². The summed E-state index contributed by atoms with van der Waals surface area (Å²) in [7, 11) is 4.53. The van der Waals surface area contributed by atoms with Gasteiger partial charge in [-0.1, -0.05) is 6.08 Å². The van der Waals surface area contributed by atoms with E-state index in [0.717, 1.165) is 5.56 Å². The Kier molecular flexibility index (Phi) is 8.19. The number of rotatable bonds is 10. The molecule has 0 saturated carbocycles. The summed E-state index contributed by atoms with van der Waals surface area (Å²) < 4.78 is 21.8. The standard InChI is InChI=1S/C27H27N5O6/c1-35-18-6-9-20(26(13-18)38-11-10-33)29-31-22-14-25(37-3)23(15-24(22)36-2)32-30-21-8-4-16-12-17(28)5-7-19(16)27(21)34/h4-9,12-15,32-33H,10-11,28H2,1-3H3/b30-21-,31-29+. The highest BCUT2D eigenvalue weighted by atomic mass is 16.5. The van der Waals surface area contributed by atoms with Crippen molar-refractivity contribution in [3.05, 3.63) is 65.7 Å². The number of benzene rings is 3. The van der Waals surface area contributed by atoms with E-state index >= 15 is 0 Å². The molecule has 0 atom stereocenters. The Morgan fingerprint density at radius 2 is 1.66 bits per heavy atom. The number of aliphatic hydroxyl groups excluding tert-OH is 1. The lowest BCUT2D eigenvalue weighted by atomic mass is 9.94. The number of nitrogens with two attached hydrogens (primary N) is 1. The number of Topliss-reactive ketones (excluding diaryl/α,β-unsaturated/α-hetero) is 1. The average molecular weight is 518 g/mol. The molecule has 1 aliphatic rings.